The van der Waals surface area contributed by atoms with Gasteiger partial charge in [-0.25, -0.2) is 0 Å². The van der Waals surface area contributed by atoms with Gasteiger partial charge in [-0.1, -0.05) is 22.9 Å². The van der Waals surface area contributed by atoms with Crippen molar-refractivity contribution in [3.8, 4) is 16.6 Å². The van der Waals surface area contributed by atoms with E-state index < -0.39 is 0 Å². The lowest BCUT2D eigenvalue weighted by atomic mass is 10.1. The van der Waals surface area contributed by atoms with Gasteiger partial charge in [-0.3, -0.25) is 4.79 Å². The Balaban J connectivity index is 1.84. The Morgan fingerprint density at radius 1 is 1.52 bits per heavy atom. The maximum absolute atomic E-state index is 11.3. The highest BCUT2D eigenvalue weighted by Crippen LogP contribution is 2.40. The van der Waals surface area contributed by atoms with Crippen LogP contribution in [-0.2, 0) is 6.42 Å². The summed E-state index contributed by atoms with van der Waals surface area (Å²) in [7, 11) is 0. The molecule has 0 amide bonds. The number of hydrogen-bond donors (Lipinski definition) is 1. The van der Waals surface area contributed by atoms with Crippen LogP contribution in [0.3, 0.4) is 0 Å². The summed E-state index contributed by atoms with van der Waals surface area (Å²) in [6, 6.07) is 7.16. The van der Waals surface area contributed by atoms with Gasteiger partial charge in [0.2, 0.25) is 0 Å². The zero-order chi connectivity index (χ0) is 15.0. The lowest BCUT2D eigenvalue weighted by molar-refractivity contribution is 0.102. The molecule has 1 aromatic carbocycles. The van der Waals surface area contributed by atoms with Gasteiger partial charge in [-0.2, -0.15) is 0 Å². The van der Waals surface area contributed by atoms with Crippen molar-refractivity contribution in [1.29, 1.82) is 0 Å². The molecule has 0 bridgehead atoms. The van der Waals surface area contributed by atoms with Crippen molar-refractivity contribution >= 4 is 28.7 Å². The molecule has 1 aliphatic rings. The molecule has 0 fully saturated rings. The van der Waals surface area contributed by atoms with E-state index in [1.165, 1.54) is 18.3 Å². The maximum atomic E-state index is 11.3. The number of ether oxygens (including phenoxy) is 2. The number of carbonyl (C=O) groups is 1. The number of nitrogens with two attached hydrogens (primary N) is 1. The van der Waals surface area contributed by atoms with Gasteiger partial charge in [-0.05, 0) is 25.1 Å². The van der Waals surface area contributed by atoms with Gasteiger partial charge in [0.25, 0.3) is 0 Å². The van der Waals surface area contributed by atoms with E-state index in [1.54, 1.807) is 18.2 Å². The van der Waals surface area contributed by atoms with Crippen LogP contribution in [0.4, 0.5) is 0 Å². The number of halogens is 1. The lowest BCUT2D eigenvalue weighted by Gasteiger charge is -2.08. The van der Waals surface area contributed by atoms with Crippen molar-refractivity contribution in [3.05, 3.63) is 39.7 Å². The molecular formula is C15H14ClNO3S. The number of fused-ring (bicyclic) bond motifs is 1. The van der Waals surface area contributed by atoms with Crippen molar-refractivity contribution in [2.45, 2.75) is 19.4 Å². The van der Waals surface area contributed by atoms with E-state index in [-0.39, 0.29) is 11.9 Å². The average molecular weight is 324 g/mol. The molecule has 2 N–H and O–H groups in total. The Labute approximate surface area is 131 Å². The highest BCUT2D eigenvalue weighted by Gasteiger charge is 2.25. The van der Waals surface area contributed by atoms with Crippen molar-refractivity contribution in [1.82, 2.24) is 0 Å². The van der Waals surface area contributed by atoms with Crippen LogP contribution in [0.15, 0.2) is 24.3 Å². The fraction of sp³-hybridized carbons (Fsp3) is 0.267. The van der Waals surface area contributed by atoms with E-state index >= 15 is 0 Å². The summed E-state index contributed by atoms with van der Waals surface area (Å²) < 4.78 is 11.5. The van der Waals surface area contributed by atoms with Crippen LogP contribution in [0.1, 0.15) is 22.2 Å². The van der Waals surface area contributed by atoms with Gasteiger partial charge in [0.15, 0.2) is 10.8 Å². The molecule has 0 aliphatic carbocycles. The highest BCUT2D eigenvalue weighted by atomic mass is 35.5. The van der Waals surface area contributed by atoms with Crippen LogP contribution in [0.25, 0.3) is 0 Å². The molecule has 0 saturated heterocycles. The lowest BCUT2D eigenvalue weighted by Crippen LogP contribution is -2.24. The van der Waals surface area contributed by atoms with Gasteiger partial charge in [0, 0.05) is 24.6 Å². The standard InChI is InChI=1S/C15H14ClNO3S/c1-8(18)13-2-3-14(21-13)19-10-4-9-5-11(7-17)20-15(9)12(16)6-10/h2-4,6,11H,5,7,17H2,1H3. The Morgan fingerprint density at radius 3 is 3.00 bits per heavy atom. The molecule has 2 aromatic rings. The van der Waals surface area contributed by atoms with Gasteiger partial charge >= 0.3 is 0 Å². The first-order valence-electron chi connectivity index (χ1n) is 6.54. The molecule has 1 atom stereocenters. The highest BCUT2D eigenvalue weighted by molar-refractivity contribution is 7.15. The number of carbonyl (C=O) groups excluding carboxylic acids is 1. The van der Waals surface area contributed by atoms with Gasteiger partial charge in [0.05, 0.1) is 9.90 Å². The second kappa shape index (κ2) is 5.67. The van der Waals surface area contributed by atoms with E-state index in [4.69, 9.17) is 26.8 Å². The van der Waals surface area contributed by atoms with Gasteiger partial charge in [-0.15, -0.1) is 0 Å². The zero-order valence-electron chi connectivity index (χ0n) is 11.4. The Kier molecular flexibility index (Phi) is 3.89. The second-order valence-corrected chi connectivity index (χ2v) is 6.30. The predicted octanol–water partition coefficient (Wildman–Crippen LogP) is 3.66. The number of Topliss-reactive ketones (excluding diaryl/α,β-unsaturated/α-hetero) is 1. The molecule has 6 heteroatoms. The Hall–Kier alpha value is -1.56. The van der Waals surface area contributed by atoms with Crippen LogP contribution >= 0.6 is 22.9 Å². The van der Waals surface area contributed by atoms with Crippen molar-refractivity contribution in [3.63, 3.8) is 0 Å². The van der Waals surface area contributed by atoms with Gasteiger partial charge < -0.3 is 15.2 Å². The Bertz CT molecular complexity index is 698. The van der Waals surface area contributed by atoms with E-state index in [1.807, 2.05) is 6.07 Å². The van der Waals surface area contributed by atoms with E-state index in [2.05, 4.69) is 0 Å². The molecular weight excluding hydrogens is 310 g/mol. The Morgan fingerprint density at radius 2 is 2.33 bits per heavy atom. The molecule has 0 saturated carbocycles. The molecule has 2 heterocycles. The normalized spacial score (nSPS) is 16.4. The van der Waals surface area contributed by atoms with Crippen LogP contribution in [0.5, 0.6) is 16.6 Å². The third kappa shape index (κ3) is 2.90. The van der Waals surface area contributed by atoms with Crippen molar-refractivity contribution in [2.24, 2.45) is 5.73 Å². The molecule has 1 unspecified atom stereocenters. The second-order valence-electron chi connectivity index (χ2n) is 4.85. The van der Waals surface area contributed by atoms with Gasteiger partial charge in [0.1, 0.15) is 17.6 Å². The number of benzene rings is 1. The summed E-state index contributed by atoms with van der Waals surface area (Å²) in [6.07, 6.45) is 0.699. The maximum Gasteiger partial charge on any atom is 0.181 e. The molecule has 110 valence electrons. The molecule has 3 rings (SSSR count). The minimum Gasteiger partial charge on any atom is -0.487 e. The van der Waals surface area contributed by atoms with E-state index in [0.29, 0.717) is 33.0 Å². The minimum atomic E-state index is -0.0289. The first kappa shape index (κ1) is 14.4. The zero-order valence-corrected chi connectivity index (χ0v) is 13.0. The molecule has 0 radical (unpaired) electrons. The third-order valence-corrected chi connectivity index (χ3v) is 4.58. The number of hydrogen-bond acceptors (Lipinski definition) is 5. The number of thiophene rings is 1. The molecule has 21 heavy (non-hydrogen) atoms. The number of ketones is 1. The van der Waals surface area contributed by atoms with Crippen LogP contribution in [0, 0.1) is 0 Å². The molecule has 1 aliphatic heterocycles. The smallest absolute Gasteiger partial charge is 0.181 e. The predicted molar refractivity (Wildman–Crippen MR) is 83.0 cm³/mol. The summed E-state index contributed by atoms with van der Waals surface area (Å²) in [5.41, 5.74) is 6.62. The SMILES string of the molecule is CC(=O)c1ccc(Oc2cc(Cl)c3c(c2)CC(CN)O3)s1. The summed E-state index contributed by atoms with van der Waals surface area (Å²) in [5.74, 6) is 1.35. The summed E-state index contributed by atoms with van der Waals surface area (Å²) in [4.78, 5) is 12.0. The first-order valence-corrected chi connectivity index (χ1v) is 7.74. The van der Waals surface area contributed by atoms with E-state index in [9.17, 15) is 4.79 Å². The van der Waals surface area contributed by atoms with E-state index in [0.717, 1.165) is 12.0 Å². The van der Waals surface area contributed by atoms with Crippen molar-refractivity contribution < 1.29 is 14.3 Å². The average Bonchev–Trinajstić information content (AvgIpc) is 3.05. The minimum absolute atomic E-state index is 0.0287. The fourth-order valence-electron chi connectivity index (χ4n) is 2.23. The summed E-state index contributed by atoms with van der Waals surface area (Å²) in [6.45, 7) is 1.99. The molecule has 0 spiro atoms. The van der Waals surface area contributed by atoms with Crippen LogP contribution < -0.4 is 15.2 Å². The van der Waals surface area contributed by atoms with Crippen molar-refractivity contribution in [2.75, 3.05) is 6.54 Å². The summed E-state index contributed by atoms with van der Waals surface area (Å²) >= 11 is 7.54. The molecule has 1 aromatic heterocycles. The fourth-order valence-corrected chi connectivity index (χ4v) is 3.27. The molecule has 4 nitrogen and oxygen atoms in total. The first-order chi connectivity index (χ1) is 10.1. The topological polar surface area (TPSA) is 61.5 Å². The quantitative estimate of drug-likeness (QED) is 0.872. The largest absolute Gasteiger partial charge is 0.487 e. The third-order valence-electron chi connectivity index (χ3n) is 3.24. The summed E-state index contributed by atoms with van der Waals surface area (Å²) in [5, 5.41) is 1.17. The monoisotopic (exact) mass is 323 g/mol. The number of rotatable bonds is 4. The van der Waals surface area contributed by atoms with Crippen LogP contribution in [0.2, 0.25) is 5.02 Å². The van der Waals surface area contributed by atoms with Crippen LogP contribution in [-0.4, -0.2) is 18.4 Å².